The minimum Gasteiger partial charge on any atom is -0.382 e. The lowest BCUT2D eigenvalue weighted by Crippen LogP contribution is -2.18. The summed E-state index contributed by atoms with van der Waals surface area (Å²) in [6, 6.07) is 3.83. The van der Waals surface area contributed by atoms with Gasteiger partial charge in [-0.3, -0.25) is 0 Å². The van der Waals surface area contributed by atoms with Crippen LogP contribution in [0, 0.1) is 0 Å². The summed E-state index contributed by atoms with van der Waals surface area (Å²) in [5.74, 6) is 1.03. The number of nitrogens with zero attached hydrogens (tertiary/aromatic N) is 1. The number of aromatic nitrogens is 1. The molecule has 1 aromatic rings. The van der Waals surface area contributed by atoms with Gasteiger partial charge in [-0.05, 0) is 38.4 Å². The van der Waals surface area contributed by atoms with Gasteiger partial charge >= 0.3 is 0 Å². The van der Waals surface area contributed by atoms with Crippen LogP contribution < -0.4 is 5.32 Å². The molecule has 18 heavy (non-hydrogen) atoms. The van der Waals surface area contributed by atoms with E-state index in [9.17, 15) is 0 Å². The minimum absolute atomic E-state index is 0.687. The number of rotatable bonds is 10. The summed E-state index contributed by atoms with van der Waals surface area (Å²) in [6.45, 7) is 5.78. The van der Waals surface area contributed by atoms with Crippen LogP contribution >= 0.6 is 23.4 Å². The lowest BCUT2D eigenvalue weighted by Gasteiger charge is -2.04. The Labute approximate surface area is 119 Å². The molecule has 0 radical (unpaired) electrons. The number of pyridine rings is 1. The normalized spacial score (nSPS) is 10.8. The summed E-state index contributed by atoms with van der Waals surface area (Å²) in [7, 11) is 0. The molecule has 0 aliphatic carbocycles. The van der Waals surface area contributed by atoms with Gasteiger partial charge in [-0.15, -0.1) is 11.8 Å². The lowest BCUT2D eigenvalue weighted by atomic mass is 10.3. The molecule has 1 N–H and O–H groups in total. The second kappa shape index (κ2) is 10.6. The molecule has 3 nitrogen and oxygen atoms in total. The number of ether oxygens (including phenoxy) is 1. The number of nitrogens with one attached hydrogen (secondary N) is 1. The molecule has 0 spiro atoms. The van der Waals surface area contributed by atoms with Crippen molar-refractivity contribution >= 4 is 23.4 Å². The van der Waals surface area contributed by atoms with E-state index < -0.39 is 0 Å². The third kappa shape index (κ3) is 7.93. The highest BCUT2D eigenvalue weighted by molar-refractivity contribution is 7.99. The van der Waals surface area contributed by atoms with Gasteiger partial charge in [-0.2, -0.15) is 0 Å². The average molecular weight is 289 g/mol. The van der Waals surface area contributed by atoms with E-state index in [4.69, 9.17) is 16.3 Å². The van der Waals surface area contributed by atoms with Crippen molar-refractivity contribution in [3.63, 3.8) is 0 Å². The van der Waals surface area contributed by atoms with Crippen LogP contribution in [0.15, 0.2) is 23.4 Å². The first kappa shape index (κ1) is 15.8. The molecule has 0 saturated carbocycles. The van der Waals surface area contributed by atoms with Gasteiger partial charge in [0.15, 0.2) is 0 Å². The fraction of sp³-hybridized carbons (Fsp3) is 0.615. The SMILES string of the molecule is CCOCCCCNCCSc1ccc(Cl)cn1. The summed E-state index contributed by atoms with van der Waals surface area (Å²) in [4.78, 5) is 4.23. The van der Waals surface area contributed by atoms with Crippen LogP contribution in [0.3, 0.4) is 0 Å². The molecule has 1 heterocycles. The van der Waals surface area contributed by atoms with Gasteiger partial charge in [0.25, 0.3) is 0 Å². The molecule has 0 saturated heterocycles. The average Bonchev–Trinajstić information content (AvgIpc) is 2.39. The van der Waals surface area contributed by atoms with Gasteiger partial charge in [-0.1, -0.05) is 11.6 Å². The Morgan fingerprint density at radius 1 is 1.33 bits per heavy atom. The predicted octanol–water partition coefficient (Wildman–Crippen LogP) is 3.23. The fourth-order valence-corrected chi connectivity index (χ4v) is 2.26. The van der Waals surface area contributed by atoms with Gasteiger partial charge in [0.05, 0.1) is 10.0 Å². The highest BCUT2D eigenvalue weighted by Crippen LogP contribution is 2.16. The van der Waals surface area contributed by atoms with E-state index in [0.29, 0.717) is 5.02 Å². The maximum Gasteiger partial charge on any atom is 0.0961 e. The Hall–Kier alpha value is -0.290. The molecule has 1 rings (SSSR count). The number of hydrogen-bond donors (Lipinski definition) is 1. The topological polar surface area (TPSA) is 34.1 Å². The smallest absolute Gasteiger partial charge is 0.0961 e. The molecule has 0 unspecified atom stereocenters. The molecule has 0 fully saturated rings. The van der Waals surface area contributed by atoms with Crippen molar-refractivity contribution in [3.05, 3.63) is 23.4 Å². The summed E-state index contributed by atoms with van der Waals surface area (Å²) in [6.07, 6.45) is 3.99. The first-order chi connectivity index (χ1) is 8.83. The molecule has 0 bridgehead atoms. The van der Waals surface area contributed by atoms with Gasteiger partial charge < -0.3 is 10.1 Å². The minimum atomic E-state index is 0.687. The molecule has 0 atom stereocenters. The Morgan fingerprint density at radius 3 is 2.94 bits per heavy atom. The largest absolute Gasteiger partial charge is 0.382 e. The Balaban J connectivity index is 1.91. The van der Waals surface area contributed by atoms with Gasteiger partial charge in [-0.25, -0.2) is 4.98 Å². The molecule has 102 valence electrons. The van der Waals surface area contributed by atoms with E-state index in [0.717, 1.165) is 43.5 Å². The molecular formula is C13H21ClN2OS. The van der Waals surface area contributed by atoms with Crippen LogP contribution in [0.25, 0.3) is 0 Å². The lowest BCUT2D eigenvalue weighted by molar-refractivity contribution is 0.143. The molecule has 0 aromatic carbocycles. The van der Waals surface area contributed by atoms with Crippen molar-refractivity contribution in [1.82, 2.24) is 10.3 Å². The van der Waals surface area contributed by atoms with E-state index in [-0.39, 0.29) is 0 Å². The van der Waals surface area contributed by atoms with Crippen LogP contribution in [0.4, 0.5) is 0 Å². The molecule has 0 aliphatic rings. The summed E-state index contributed by atoms with van der Waals surface area (Å²) >= 11 is 7.52. The van der Waals surface area contributed by atoms with E-state index in [2.05, 4.69) is 10.3 Å². The molecular weight excluding hydrogens is 268 g/mol. The highest BCUT2D eigenvalue weighted by atomic mass is 35.5. The number of unbranched alkanes of at least 4 members (excludes halogenated alkanes) is 1. The highest BCUT2D eigenvalue weighted by Gasteiger charge is 1.95. The first-order valence-corrected chi connectivity index (χ1v) is 7.72. The second-order valence-corrected chi connectivity index (χ2v) is 5.37. The van der Waals surface area contributed by atoms with Crippen LogP contribution in [-0.4, -0.2) is 37.0 Å². The Bertz CT molecular complexity index is 308. The van der Waals surface area contributed by atoms with Crippen molar-refractivity contribution < 1.29 is 4.74 Å². The number of hydrogen-bond acceptors (Lipinski definition) is 4. The van der Waals surface area contributed by atoms with Crippen molar-refractivity contribution in [2.45, 2.75) is 24.8 Å². The molecule has 0 amide bonds. The van der Waals surface area contributed by atoms with E-state index in [1.165, 1.54) is 6.42 Å². The van der Waals surface area contributed by atoms with Crippen LogP contribution in [0.2, 0.25) is 5.02 Å². The van der Waals surface area contributed by atoms with E-state index in [1.807, 2.05) is 19.1 Å². The molecule has 0 aliphatic heterocycles. The Kier molecular flexibility index (Phi) is 9.30. The predicted molar refractivity (Wildman–Crippen MR) is 78.6 cm³/mol. The monoisotopic (exact) mass is 288 g/mol. The van der Waals surface area contributed by atoms with Gasteiger partial charge in [0, 0.05) is 31.7 Å². The Morgan fingerprint density at radius 2 is 2.22 bits per heavy atom. The van der Waals surface area contributed by atoms with Crippen molar-refractivity contribution in [1.29, 1.82) is 0 Å². The summed E-state index contributed by atoms with van der Waals surface area (Å²) < 4.78 is 5.28. The standard InChI is InChI=1S/C13H21ClN2OS/c1-2-17-9-4-3-7-15-8-10-18-13-6-5-12(14)11-16-13/h5-6,11,15H,2-4,7-10H2,1H3. The second-order valence-electron chi connectivity index (χ2n) is 3.82. The van der Waals surface area contributed by atoms with Crippen molar-refractivity contribution in [3.8, 4) is 0 Å². The molecule has 5 heteroatoms. The van der Waals surface area contributed by atoms with Crippen molar-refractivity contribution in [2.75, 3.05) is 32.1 Å². The van der Waals surface area contributed by atoms with Crippen molar-refractivity contribution in [2.24, 2.45) is 0 Å². The van der Waals surface area contributed by atoms with Crippen LogP contribution in [-0.2, 0) is 4.74 Å². The third-order valence-electron chi connectivity index (χ3n) is 2.33. The number of thioether (sulfide) groups is 1. The zero-order valence-electron chi connectivity index (χ0n) is 10.8. The maximum absolute atomic E-state index is 5.77. The molecule has 1 aromatic heterocycles. The first-order valence-electron chi connectivity index (χ1n) is 6.35. The van der Waals surface area contributed by atoms with Crippen LogP contribution in [0.1, 0.15) is 19.8 Å². The third-order valence-corrected chi connectivity index (χ3v) is 3.49. The quantitative estimate of drug-likeness (QED) is 0.529. The fourth-order valence-electron chi connectivity index (χ4n) is 1.40. The number of halogens is 1. The zero-order chi connectivity index (χ0) is 13.1. The van der Waals surface area contributed by atoms with E-state index in [1.54, 1.807) is 18.0 Å². The zero-order valence-corrected chi connectivity index (χ0v) is 12.4. The maximum atomic E-state index is 5.77. The summed E-state index contributed by atoms with van der Waals surface area (Å²) in [5, 5.41) is 5.13. The van der Waals surface area contributed by atoms with Gasteiger partial charge in [0.2, 0.25) is 0 Å². The van der Waals surface area contributed by atoms with Crippen LogP contribution in [0.5, 0.6) is 0 Å². The van der Waals surface area contributed by atoms with Gasteiger partial charge in [0.1, 0.15) is 0 Å². The van der Waals surface area contributed by atoms with E-state index >= 15 is 0 Å². The summed E-state index contributed by atoms with van der Waals surface area (Å²) in [5.41, 5.74) is 0.